The number of aliphatic hydroxyl groups excluding tert-OH is 4. The van der Waals surface area contributed by atoms with Crippen LogP contribution in [0.15, 0.2) is 0 Å². The zero-order valence-corrected chi connectivity index (χ0v) is 7.01. The molecule has 4 atom stereocenters. The molecule has 5 heteroatoms. The highest BCUT2D eigenvalue weighted by atomic mass is 16.6. The van der Waals surface area contributed by atoms with E-state index in [9.17, 15) is 10.2 Å². The fourth-order valence-electron chi connectivity index (χ4n) is 1.22. The maximum Gasteiger partial charge on any atom is 0.184 e. The van der Waals surface area contributed by atoms with E-state index in [2.05, 4.69) is 0 Å². The van der Waals surface area contributed by atoms with Crippen LogP contribution in [0.3, 0.4) is 0 Å². The summed E-state index contributed by atoms with van der Waals surface area (Å²) >= 11 is 0. The van der Waals surface area contributed by atoms with Gasteiger partial charge in [-0.1, -0.05) is 0 Å². The van der Waals surface area contributed by atoms with E-state index >= 15 is 0 Å². The van der Waals surface area contributed by atoms with Crippen LogP contribution in [0, 0.1) is 0 Å². The van der Waals surface area contributed by atoms with E-state index in [-0.39, 0.29) is 0 Å². The highest BCUT2D eigenvalue weighted by Gasteiger charge is 2.47. The molecule has 1 saturated heterocycles. The Labute approximate surface area is 70.2 Å². The Kier molecular flexibility index (Phi) is 2.42. The summed E-state index contributed by atoms with van der Waals surface area (Å²) in [4.78, 5) is 0. The van der Waals surface area contributed by atoms with Crippen molar-refractivity contribution in [3.05, 3.63) is 0 Å². The lowest BCUT2D eigenvalue weighted by Crippen LogP contribution is -2.61. The van der Waals surface area contributed by atoms with Crippen LogP contribution in [-0.4, -0.2) is 50.6 Å². The van der Waals surface area contributed by atoms with Gasteiger partial charge in [-0.2, -0.15) is 0 Å². The first kappa shape index (κ1) is 9.88. The summed E-state index contributed by atoms with van der Waals surface area (Å²) in [7, 11) is 0. The first-order chi connectivity index (χ1) is 5.36. The van der Waals surface area contributed by atoms with Crippen LogP contribution < -0.4 is 0 Å². The number of aliphatic hydroxyl groups is 4. The predicted molar refractivity (Wildman–Crippen MR) is 39.2 cm³/mol. The third-order valence-corrected chi connectivity index (χ3v) is 2.10. The van der Waals surface area contributed by atoms with Crippen molar-refractivity contribution in [1.82, 2.24) is 0 Å². The van der Waals surface area contributed by atoms with E-state index in [0.717, 1.165) is 0 Å². The molecule has 4 N–H and O–H groups in total. The van der Waals surface area contributed by atoms with Crippen LogP contribution in [0.5, 0.6) is 0 Å². The van der Waals surface area contributed by atoms with E-state index in [1.165, 1.54) is 13.8 Å². The summed E-state index contributed by atoms with van der Waals surface area (Å²) in [5.41, 5.74) is -1.04. The van der Waals surface area contributed by atoms with Crippen molar-refractivity contribution in [1.29, 1.82) is 0 Å². The molecule has 0 aromatic carbocycles. The van der Waals surface area contributed by atoms with Gasteiger partial charge in [-0.3, -0.25) is 0 Å². The Bertz CT molecular complexity index is 169. The first-order valence-corrected chi connectivity index (χ1v) is 3.76. The number of hydrogen-bond donors (Lipinski definition) is 4. The van der Waals surface area contributed by atoms with Crippen LogP contribution in [0.2, 0.25) is 0 Å². The lowest BCUT2D eigenvalue weighted by Gasteiger charge is -2.43. The van der Waals surface area contributed by atoms with Crippen molar-refractivity contribution >= 4 is 0 Å². The minimum Gasteiger partial charge on any atom is -0.387 e. The van der Waals surface area contributed by atoms with Crippen molar-refractivity contribution in [3.63, 3.8) is 0 Å². The Morgan fingerprint density at radius 2 is 1.50 bits per heavy atom. The van der Waals surface area contributed by atoms with Gasteiger partial charge in [0.1, 0.15) is 18.3 Å². The monoisotopic (exact) mass is 178 g/mol. The van der Waals surface area contributed by atoms with Gasteiger partial charge >= 0.3 is 0 Å². The second-order valence-corrected chi connectivity index (χ2v) is 3.54. The average Bonchev–Trinajstić information content (AvgIpc) is 1.97. The molecule has 0 spiro atoms. The molecule has 0 saturated carbocycles. The summed E-state index contributed by atoms with van der Waals surface area (Å²) in [6.07, 6.45) is -5.47. The van der Waals surface area contributed by atoms with Gasteiger partial charge in [0.2, 0.25) is 0 Å². The second-order valence-electron chi connectivity index (χ2n) is 3.54. The molecule has 1 aliphatic rings. The summed E-state index contributed by atoms with van der Waals surface area (Å²) in [5, 5.41) is 36.7. The second kappa shape index (κ2) is 2.93. The van der Waals surface area contributed by atoms with Crippen molar-refractivity contribution in [2.24, 2.45) is 0 Å². The van der Waals surface area contributed by atoms with E-state index < -0.39 is 30.2 Å². The van der Waals surface area contributed by atoms with Crippen LogP contribution in [0.25, 0.3) is 0 Å². The topological polar surface area (TPSA) is 90.2 Å². The van der Waals surface area contributed by atoms with Gasteiger partial charge in [0.25, 0.3) is 0 Å². The molecule has 0 bridgehead atoms. The minimum absolute atomic E-state index is 1.04. The molecule has 0 aromatic heterocycles. The van der Waals surface area contributed by atoms with Gasteiger partial charge in [0.15, 0.2) is 6.29 Å². The third-order valence-electron chi connectivity index (χ3n) is 2.10. The highest BCUT2D eigenvalue weighted by Crippen LogP contribution is 2.27. The number of ether oxygens (including phenoxy) is 1. The van der Waals surface area contributed by atoms with Crippen molar-refractivity contribution in [2.75, 3.05) is 0 Å². The fourth-order valence-corrected chi connectivity index (χ4v) is 1.22. The van der Waals surface area contributed by atoms with Gasteiger partial charge in [0, 0.05) is 0 Å². The average molecular weight is 178 g/mol. The van der Waals surface area contributed by atoms with Crippen LogP contribution >= 0.6 is 0 Å². The van der Waals surface area contributed by atoms with Gasteiger partial charge in [-0.25, -0.2) is 0 Å². The molecule has 1 unspecified atom stereocenters. The van der Waals surface area contributed by atoms with Gasteiger partial charge in [-0.15, -0.1) is 0 Å². The summed E-state index contributed by atoms with van der Waals surface area (Å²) in [6, 6.07) is 0. The van der Waals surface area contributed by atoms with Crippen molar-refractivity contribution in [3.8, 4) is 0 Å². The number of rotatable bonds is 0. The molecule has 0 aliphatic carbocycles. The summed E-state index contributed by atoms with van der Waals surface area (Å²) in [5.74, 6) is 0. The van der Waals surface area contributed by atoms with Gasteiger partial charge in [0.05, 0.1) is 5.60 Å². The lowest BCUT2D eigenvalue weighted by molar-refractivity contribution is -0.310. The number of hydrogen-bond acceptors (Lipinski definition) is 5. The molecule has 1 heterocycles. The molecule has 0 amide bonds. The van der Waals surface area contributed by atoms with E-state index in [1.54, 1.807) is 0 Å². The predicted octanol–water partition coefficient (Wildman–Crippen LogP) is -1.80. The Morgan fingerprint density at radius 3 is 2.00 bits per heavy atom. The molecule has 1 aliphatic heterocycles. The standard InChI is InChI=1S/C7H14O5/c1-7(2)5(10)3(8)4(9)6(11)12-7/h3-6,8-11H,1-2H3/t3-,4+,5+,6?/m0/s1. The van der Waals surface area contributed by atoms with Crippen molar-refractivity contribution < 1.29 is 25.2 Å². The van der Waals surface area contributed by atoms with E-state index in [4.69, 9.17) is 14.9 Å². The molecule has 12 heavy (non-hydrogen) atoms. The Hall–Kier alpha value is -0.200. The maximum atomic E-state index is 9.35. The Balaban J connectivity index is 2.78. The largest absolute Gasteiger partial charge is 0.387 e. The molecule has 72 valence electrons. The summed E-state index contributed by atoms with van der Waals surface area (Å²) < 4.78 is 4.86. The Morgan fingerprint density at radius 1 is 1.00 bits per heavy atom. The quantitative estimate of drug-likeness (QED) is 0.351. The molecule has 5 nitrogen and oxygen atoms in total. The zero-order valence-electron chi connectivity index (χ0n) is 7.01. The smallest absolute Gasteiger partial charge is 0.184 e. The van der Waals surface area contributed by atoms with Crippen LogP contribution in [0.4, 0.5) is 0 Å². The molecule has 0 radical (unpaired) electrons. The van der Waals surface area contributed by atoms with Gasteiger partial charge < -0.3 is 25.2 Å². The lowest BCUT2D eigenvalue weighted by atomic mass is 9.90. The molecular formula is C7H14O5. The van der Waals surface area contributed by atoms with Crippen molar-refractivity contribution in [2.45, 2.75) is 44.1 Å². The van der Waals surface area contributed by atoms with Crippen LogP contribution in [-0.2, 0) is 4.74 Å². The SMILES string of the molecule is CC1(C)OC(O)[C@H](O)[C@H](O)[C@H]1O. The molecule has 1 rings (SSSR count). The van der Waals surface area contributed by atoms with E-state index in [1.807, 2.05) is 0 Å². The third kappa shape index (κ3) is 1.46. The fraction of sp³-hybridized carbons (Fsp3) is 1.00. The first-order valence-electron chi connectivity index (χ1n) is 3.76. The molecular weight excluding hydrogens is 164 g/mol. The molecule has 0 aromatic rings. The highest BCUT2D eigenvalue weighted by molar-refractivity contribution is 4.94. The molecule has 1 fully saturated rings. The van der Waals surface area contributed by atoms with E-state index in [0.29, 0.717) is 0 Å². The maximum absolute atomic E-state index is 9.35. The zero-order chi connectivity index (χ0) is 9.52. The summed E-state index contributed by atoms with van der Waals surface area (Å²) in [6.45, 7) is 3.05. The van der Waals surface area contributed by atoms with Gasteiger partial charge in [-0.05, 0) is 13.8 Å². The van der Waals surface area contributed by atoms with Crippen LogP contribution in [0.1, 0.15) is 13.8 Å². The minimum atomic E-state index is -1.45. The normalized spacial score (nSPS) is 47.5.